The normalized spacial score (nSPS) is 10.6. The van der Waals surface area contributed by atoms with E-state index in [0.717, 1.165) is 0 Å². The maximum absolute atomic E-state index is 13.5. The highest BCUT2D eigenvalue weighted by atomic mass is 19.1. The Morgan fingerprint density at radius 1 is 1.33 bits per heavy atom. The third kappa shape index (κ3) is 3.13. The molecular formula is C14H17FN4O2. The minimum absolute atomic E-state index is 0.0574. The molecule has 7 heteroatoms. The molecule has 21 heavy (non-hydrogen) atoms. The van der Waals surface area contributed by atoms with Crippen LogP contribution in [0, 0.1) is 5.82 Å². The van der Waals surface area contributed by atoms with Crippen molar-refractivity contribution >= 4 is 11.5 Å². The number of hydrogen-bond acceptors (Lipinski definition) is 4. The fourth-order valence-electron chi connectivity index (χ4n) is 2.03. The van der Waals surface area contributed by atoms with E-state index in [9.17, 15) is 14.0 Å². The molecule has 1 heterocycles. The molecule has 0 bridgehead atoms. The Hall–Kier alpha value is -2.57. The van der Waals surface area contributed by atoms with Gasteiger partial charge in [0.25, 0.3) is 5.56 Å². The van der Waals surface area contributed by atoms with Gasteiger partial charge in [-0.2, -0.15) is 0 Å². The van der Waals surface area contributed by atoms with Gasteiger partial charge in [-0.25, -0.2) is 9.18 Å². The van der Waals surface area contributed by atoms with Gasteiger partial charge in [-0.15, -0.1) is 0 Å². The minimum atomic E-state index is -0.610. The van der Waals surface area contributed by atoms with Crippen LogP contribution in [0.15, 0.2) is 33.9 Å². The van der Waals surface area contributed by atoms with E-state index in [-0.39, 0.29) is 23.9 Å². The van der Waals surface area contributed by atoms with Gasteiger partial charge in [0.05, 0.1) is 0 Å². The maximum atomic E-state index is 13.5. The van der Waals surface area contributed by atoms with Gasteiger partial charge in [0.1, 0.15) is 17.3 Å². The van der Waals surface area contributed by atoms with Gasteiger partial charge in [-0.05, 0) is 12.5 Å². The van der Waals surface area contributed by atoms with Crippen molar-refractivity contribution in [2.75, 3.05) is 11.1 Å². The Morgan fingerprint density at radius 3 is 2.71 bits per heavy atom. The molecule has 4 N–H and O–H groups in total. The number of nitrogens with one attached hydrogen (secondary N) is 2. The standard InChI is InChI=1S/C14H17FN4O2/c1-2-7-19-12(16)11(13(20)18-14(19)21)17-8-9-5-3-4-6-10(9)15/h3-6,17H,2,7-8,16H2,1H3,(H,18,20,21). The zero-order valence-corrected chi connectivity index (χ0v) is 11.6. The summed E-state index contributed by atoms with van der Waals surface area (Å²) in [5.74, 6) is -0.316. The molecule has 0 atom stereocenters. The number of nitrogens with two attached hydrogens (primary N) is 1. The number of hydrogen-bond donors (Lipinski definition) is 3. The second kappa shape index (κ2) is 6.25. The Morgan fingerprint density at radius 2 is 2.05 bits per heavy atom. The monoisotopic (exact) mass is 292 g/mol. The molecule has 0 fully saturated rings. The van der Waals surface area contributed by atoms with Crippen molar-refractivity contribution in [3.05, 3.63) is 56.5 Å². The molecule has 0 saturated heterocycles. The third-order valence-corrected chi connectivity index (χ3v) is 3.10. The van der Waals surface area contributed by atoms with Gasteiger partial charge in [0.2, 0.25) is 0 Å². The van der Waals surface area contributed by atoms with Crippen LogP contribution < -0.4 is 22.3 Å². The number of aromatic amines is 1. The average Bonchev–Trinajstić information content (AvgIpc) is 2.45. The first-order valence-electron chi connectivity index (χ1n) is 6.64. The summed E-state index contributed by atoms with van der Waals surface area (Å²) in [4.78, 5) is 25.7. The molecule has 6 nitrogen and oxygen atoms in total. The van der Waals surface area contributed by atoms with Gasteiger partial charge in [-0.1, -0.05) is 25.1 Å². The topological polar surface area (TPSA) is 92.9 Å². The summed E-state index contributed by atoms with van der Waals surface area (Å²) in [7, 11) is 0. The third-order valence-electron chi connectivity index (χ3n) is 3.10. The van der Waals surface area contributed by atoms with Crippen LogP contribution in [0.3, 0.4) is 0 Å². The summed E-state index contributed by atoms with van der Waals surface area (Å²) in [6, 6.07) is 6.23. The van der Waals surface area contributed by atoms with Crippen LogP contribution >= 0.6 is 0 Å². The van der Waals surface area contributed by atoms with Crippen molar-refractivity contribution in [1.82, 2.24) is 9.55 Å². The summed E-state index contributed by atoms with van der Waals surface area (Å²) in [5, 5.41) is 2.80. The number of nitrogen functional groups attached to an aromatic ring is 1. The Kier molecular flexibility index (Phi) is 4.42. The summed E-state index contributed by atoms with van der Waals surface area (Å²) in [6.45, 7) is 2.39. The fraction of sp³-hybridized carbons (Fsp3) is 0.286. The van der Waals surface area contributed by atoms with Crippen molar-refractivity contribution in [3.8, 4) is 0 Å². The second-order valence-electron chi connectivity index (χ2n) is 4.62. The van der Waals surface area contributed by atoms with Crippen LogP contribution in [0.2, 0.25) is 0 Å². The van der Waals surface area contributed by atoms with Crippen LogP contribution in [-0.2, 0) is 13.1 Å². The van der Waals surface area contributed by atoms with E-state index in [2.05, 4.69) is 10.3 Å². The van der Waals surface area contributed by atoms with E-state index in [1.165, 1.54) is 10.6 Å². The number of anilines is 2. The number of H-pyrrole nitrogens is 1. The summed E-state index contributed by atoms with van der Waals surface area (Å²) >= 11 is 0. The van der Waals surface area contributed by atoms with Crippen molar-refractivity contribution in [2.24, 2.45) is 0 Å². The number of halogens is 1. The van der Waals surface area contributed by atoms with E-state index in [4.69, 9.17) is 5.73 Å². The van der Waals surface area contributed by atoms with E-state index in [0.29, 0.717) is 18.5 Å². The van der Waals surface area contributed by atoms with Crippen LogP contribution in [0.1, 0.15) is 18.9 Å². The number of rotatable bonds is 5. The average molecular weight is 292 g/mol. The van der Waals surface area contributed by atoms with Crippen LogP contribution in [0.5, 0.6) is 0 Å². The molecule has 112 valence electrons. The molecule has 2 aromatic rings. The lowest BCUT2D eigenvalue weighted by molar-refractivity contribution is 0.612. The predicted octanol–water partition coefficient (Wildman–Crippen LogP) is 1.28. The lowest BCUT2D eigenvalue weighted by Gasteiger charge is -2.13. The van der Waals surface area contributed by atoms with Gasteiger partial charge < -0.3 is 11.1 Å². The first-order valence-corrected chi connectivity index (χ1v) is 6.64. The van der Waals surface area contributed by atoms with Crippen LogP contribution in [-0.4, -0.2) is 9.55 Å². The second-order valence-corrected chi connectivity index (χ2v) is 4.62. The SMILES string of the molecule is CCCn1c(N)c(NCc2ccccc2F)c(=O)[nH]c1=O. The highest BCUT2D eigenvalue weighted by molar-refractivity contribution is 5.60. The maximum Gasteiger partial charge on any atom is 0.330 e. The highest BCUT2D eigenvalue weighted by Gasteiger charge is 2.12. The van der Waals surface area contributed by atoms with Crippen LogP contribution in [0.25, 0.3) is 0 Å². The first-order chi connectivity index (χ1) is 10.0. The Bertz CT molecular complexity index is 751. The van der Waals surface area contributed by atoms with E-state index in [1.807, 2.05) is 6.92 Å². The fourth-order valence-corrected chi connectivity index (χ4v) is 2.03. The van der Waals surface area contributed by atoms with Gasteiger partial charge in [0, 0.05) is 18.7 Å². The largest absolute Gasteiger partial charge is 0.383 e. The Balaban J connectivity index is 2.32. The first kappa shape index (κ1) is 14.8. The minimum Gasteiger partial charge on any atom is -0.383 e. The molecule has 0 unspecified atom stereocenters. The zero-order valence-electron chi connectivity index (χ0n) is 11.6. The smallest absolute Gasteiger partial charge is 0.330 e. The zero-order chi connectivity index (χ0) is 15.4. The highest BCUT2D eigenvalue weighted by Crippen LogP contribution is 2.13. The van der Waals surface area contributed by atoms with E-state index in [1.54, 1.807) is 18.2 Å². The van der Waals surface area contributed by atoms with Crippen molar-refractivity contribution in [2.45, 2.75) is 26.4 Å². The molecule has 2 rings (SSSR count). The quantitative estimate of drug-likeness (QED) is 0.774. The molecule has 0 aliphatic heterocycles. The number of benzene rings is 1. The molecule has 0 aliphatic carbocycles. The summed E-state index contributed by atoms with van der Waals surface area (Å²) in [5.41, 5.74) is 5.19. The van der Waals surface area contributed by atoms with Gasteiger partial charge in [0.15, 0.2) is 0 Å². The van der Waals surface area contributed by atoms with Gasteiger partial charge in [-0.3, -0.25) is 14.3 Å². The van der Waals surface area contributed by atoms with E-state index < -0.39 is 11.2 Å². The Labute approximate surface area is 120 Å². The summed E-state index contributed by atoms with van der Waals surface area (Å²) < 4.78 is 14.8. The van der Waals surface area contributed by atoms with Crippen LogP contribution in [0.4, 0.5) is 15.9 Å². The molecule has 0 saturated carbocycles. The molecule has 1 aromatic carbocycles. The molecule has 0 spiro atoms. The van der Waals surface area contributed by atoms with Crippen molar-refractivity contribution in [3.63, 3.8) is 0 Å². The molecule has 0 aliphatic rings. The van der Waals surface area contributed by atoms with Crippen molar-refractivity contribution < 1.29 is 4.39 Å². The number of nitrogens with zero attached hydrogens (tertiary/aromatic N) is 1. The molecule has 0 radical (unpaired) electrons. The van der Waals surface area contributed by atoms with E-state index >= 15 is 0 Å². The predicted molar refractivity (Wildman–Crippen MR) is 79.8 cm³/mol. The molecule has 0 amide bonds. The molecular weight excluding hydrogens is 275 g/mol. The van der Waals surface area contributed by atoms with Gasteiger partial charge >= 0.3 is 5.69 Å². The number of aromatic nitrogens is 2. The summed E-state index contributed by atoms with van der Waals surface area (Å²) in [6.07, 6.45) is 0.697. The lowest BCUT2D eigenvalue weighted by atomic mass is 10.2. The van der Waals surface area contributed by atoms with Crippen molar-refractivity contribution in [1.29, 1.82) is 0 Å². The lowest BCUT2D eigenvalue weighted by Crippen LogP contribution is -2.34. The molecule has 1 aromatic heterocycles.